The second-order valence-electron chi connectivity index (χ2n) is 7.61. The van der Waals surface area contributed by atoms with Crippen LogP contribution < -0.4 is 0 Å². The molecule has 0 aliphatic heterocycles. The summed E-state index contributed by atoms with van der Waals surface area (Å²) in [6.45, 7) is 6.95. The lowest BCUT2D eigenvalue weighted by Gasteiger charge is -2.40. The molecule has 3 atom stereocenters. The molecule has 3 unspecified atom stereocenters. The molecule has 1 saturated carbocycles. The molecule has 3 nitrogen and oxygen atoms in total. The number of nitrogens with zero attached hydrogens (tertiary/aromatic N) is 2. The van der Waals surface area contributed by atoms with Crippen molar-refractivity contribution in [1.29, 1.82) is 0 Å². The van der Waals surface area contributed by atoms with Crippen molar-refractivity contribution in [2.45, 2.75) is 52.6 Å². The van der Waals surface area contributed by atoms with Crippen molar-refractivity contribution in [2.75, 3.05) is 0 Å². The first kappa shape index (κ1) is 14.6. The van der Waals surface area contributed by atoms with Gasteiger partial charge in [0.1, 0.15) is 5.65 Å². The van der Waals surface area contributed by atoms with Gasteiger partial charge in [-0.1, -0.05) is 26.8 Å². The molecular weight excluding hydrogens is 260 g/mol. The van der Waals surface area contributed by atoms with Crippen LogP contribution in [0.5, 0.6) is 0 Å². The van der Waals surface area contributed by atoms with Gasteiger partial charge in [-0.2, -0.15) is 0 Å². The Hall–Kier alpha value is -1.35. The van der Waals surface area contributed by atoms with Gasteiger partial charge in [0.2, 0.25) is 0 Å². The number of hydrogen-bond donors (Lipinski definition) is 1. The van der Waals surface area contributed by atoms with Crippen molar-refractivity contribution in [2.24, 2.45) is 17.3 Å². The van der Waals surface area contributed by atoms with E-state index in [1.807, 2.05) is 24.4 Å². The summed E-state index contributed by atoms with van der Waals surface area (Å²) in [7, 11) is 0. The Morgan fingerprint density at radius 1 is 1.29 bits per heavy atom. The van der Waals surface area contributed by atoms with Gasteiger partial charge in [0.15, 0.2) is 0 Å². The third kappa shape index (κ3) is 3.13. The highest BCUT2D eigenvalue weighted by Gasteiger charge is 2.35. The molecule has 1 aliphatic rings. The van der Waals surface area contributed by atoms with Crippen LogP contribution in [0.15, 0.2) is 30.6 Å². The zero-order valence-electron chi connectivity index (χ0n) is 13.3. The second-order valence-corrected chi connectivity index (χ2v) is 7.61. The maximum atomic E-state index is 10.4. The van der Waals surface area contributed by atoms with Crippen LogP contribution in [-0.2, 0) is 6.42 Å². The van der Waals surface area contributed by atoms with E-state index in [2.05, 4.69) is 36.4 Å². The van der Waals surface area contributed by atoms with Gasteiger partial charge in [-0.05, 0) is 55.1 Å². The molecule has 114 valence electrons. The molecule has 0 spiro atoms. The van der Waals surface area contributed by atoms with Crippen molar-refractivity contribution >= 4 is 5.65 Å². The van der Waals surface area contributed by atoms with Crippen LogP contribution >= 0.6 is 0 Å². The van der Waals surface area contributed by atoms with E-state index in [4.69, 9.17) is 0 Å². The van der Waals surface area contributed by atoms with Crippen LogP contribution in [0.4, 0.5) is 0 Å². The first-order chi connectivity index (χ1) is 9.93. The molecule has 0 aromatic carbocycles. The highest BCUT2D eigenvalue weighted by molar-refractivity contribution is 5.39. The van der Waals surface area contributed by atoms with E-state index in [1.54, 1.807) is 0 Å². The van der Waals surface area contributed by atoms with Crippen LogP contribution in [0, 0.1) is 17.3 Å². The van der Waals surface area contributed by atoms with Crippen LogP contribution in [0.2, 0.25) is 0 Å². The molecule has 21 heavy (non-hydrogen) atoms. The lowest BCUT2D eigenvalue weighted by atomic mass is 9.67. The van der Waals surface area contributed by atoms with Gasteiger partial charge < -0.3 is 9.51 Å². The summed E-state index contributed by atoms with van der Waals surface area (Å²) in [6.07, 6.45) is 8.03. The maximum absolute atomic E-state index is 10.4. The van der Waals surface area contributed by atoms with Crippen LogP contribution in [-0.4, -0.2) is 20.6 Å². The first-order valence-corrected chi connectivity index (χ1v) is 8.04. The Kier molecular flexibility index (Phi) is 3.78. The summed E-state index contributed by atoms with van der Waals surface area (Å²) in [5.41, 5.74) is 2.42. The SMILES string of the molecule is CC(C)(C)C1CCC(O)C(Cc2cn3ccccc3n2)C1. The average molecular weight is 286 g/mol. The Labute approximate surface area is 127 Å². The van der Waals surface area contributed by atoms with Crippen molar-refractivity contribution in [3.05, 3.63) is 36.3 Å². The smallest absolute Gasteiger partial charge is 0.136 e. The summed E-state index contributed by atoms with van der Waals surface area (Å²) in [4.78, 5) is 4.68. The summed E-state index contributed by atoms with van der Waals surface area (Å²) >= 11 is 0. The minimum atomic E-state index is -0.173. The normalized spacial score (nSPS) is 27.1. The Morgan fingerprint density at radius 2 is 2.10 bits per heavy atom. The highest BCUT2D eigenvalue weighted by atomic mass is 16.3. The molecule has 0 radical (unpaired) electrons. The molecule has 1 fully saturated rings. The minimum absolute atomic E-state index is 0.173. The van der Waals surface area contributed by atoms with Gasteiger partial charge in [-0.3, -0.25) is 0 Å². The number of fused-ring (bicyclic) bond motifs is 1. The number of aromatic nitrogens is 2. The van der Waals surface area contributed by atoms with Gasteiger partial charge in [-0.25, -0.2) is 4.98 Å². The quantitative estimate of drug-likeness (QED) is 0.914. The van der Waals surface area contributed by atoms with Crippen molar-refractivity contribution in [3.8, 4) is 0 Å². The van der Waals surface area contributed by atoms with Crippen molar-refractivity contribution in [1.82, 2.24) is 9.38 Å². The molecule has 0 bridgehead atoms. The largest absolute Gasteiger partial charge is 0.393 e. The number of rotatable bonds is 2. The molecule has 3 heteroatoms. The summed E-state index contributed by atoms with van der Waals surface area (Å²) < 4.78 is 2.06. The zero-order chi connectivity index (χ0) is 15.0. The molecule has 0 saturated heterocycles. The van der Waals surface area contributed by atoms with Crippen LogP contribution in [0.1, 0.15) is 45.7 Å². The number of pyridine rings is 1. The van der Waals surface area contributed by atoms with Crippen LogP contribution in [0.25, 0.3) is 5.65 Å². The molecule has 3 rings (SSSR count). The zero-order valence-corrected chi connectivity index (χ0v) is 13.3. The predicted molar refractivity (Wildman–Crippen MR) is 85.2 cm³/mol. The van der Waals surface area contributed by atoms with E-state index in [-0.39, 0.29) is 6.10 Å². The topological polar surface area (TPSA) is 37.5 Å². The van der Waals surface area contributed by atoms with Crippen LogP contribution in [0.3, 0.4) is 0 Å². The molecule has 0 amide bonds. The van der Waals surface area contributed by atoms with Crippen molar-refractivity contribution in [3.63, 3.8) is 0 Å². The van der Waals surface area contributed by atoms with E-state index in [9.17, 15) is 5.11 Å². The number of aliphatic hydroxyl groups excluding tert-OH is 1. The maximum Gasteiger partial charge on any atom is 0.136 e. The third-order valence-corrected chi connectivity index (χ3v) is 5.05. The van der Waals surface area contributed by atoms with Gasteiger partial charge in [0.25, 0.3) is 0 Å². The number of aliphatic hydroxyl groups is 1. The minimum Gasteiger partial charge on any atom is -0.393 e. The predicted octanol–water partition coefficient (Wildman–Crippen LogP) is 3.70. The average Bonchev–Trinajstić information content (AvgIpc) is 2.82. The Bertz CT molecular complexity index is 578. The Balaban J connectivity index is 1.75. The van der Waals surface area contributed by atoms with Gasteiger partial charge in [0, 0.05) is 12.4 Å². The lowest BCUT2D eigenvalue weighted by Crippen LogP contribution is -2.35. The van der Waals surface area contributed by atoms with Crippen molar-refractivity contribution < 1.29 is 5.11 Å². The molecule has 2 aromatic rings. The molecule has 1 N–H and O–H groups in total. The fraction of sp³-hybridized carbons (Fsp3) is 0.611. The lowest BCUT2D eigenvalue weighted by molar-refractivity contribution is 0.0193. The first-order valence-electron chi connectivity index (χ1n) is 8.04. The highest BCUT2D eigenvalue weighted by Crippen LogP contribution is 2.41. The monoisotopic (exact) mass is 286 g/mol. The fourth-order valence-corrected chi connectivity index (χ4v) is 3.61. The number of imidazole rings is 1. The molecule has 2 aromatic heterocycles. The van der Waals surface area contributed by atoms with E-state index >= 15 is 0 Å². The standard InChI is InChI=1S/C18H26N2O/c1-18(2,3)14-7-8-16(21)13(10-14)11-15-12-20-9-5-4-6-17(20)19-15/h4-6,9,12-14,16,21H,7-8,10-11H2,1-3H3. The Morgan fingerprint density at radius 3 is 2.81 bits per heavy atom. The van der Waals surface area contributed by atoms with E-state index in [1.165, 1.54) is 0 Å². The summed E-state index contributed by atoms with van der Waals surface area (Å²) in [5.74, 6) is 1.04. The molecule has 2 heterocycles. The number of hydrogen-bond acceptors (Lipinski definition) is 2. The van der Waals surface area contributed by atoms with E-state index in [0.29, 0.717) is 17.3 Å². The second kappa shape index (κ2) is 5.45. The molecule has 1 aliphatic carbocycles. The molecular formula is C18H26N2O. The summed E-state index contributed by atoms with van der Waals surface area (Å²) in [5, 5.41) is 10.4. The van der Waals surface area contributed by atoms with E-state index < -0.39 is 0 Å². The fourth-order valence-electron chi connectivity index (χ4n) is 3.61. The van der Waals surface area contributed by atoms with Gasteiger partial charge in [-0.15, -0.1) is 0 Å². The van der Waals surface area contributed by atoms with Gasteiger partial charge >= 0.3 is 0 Å². The van der Waals surface area contributed by atoms with Gasteiger partial charge in [0.05, 0.1) is 11.8 Å². The third-order valence-electron chi connectivity index (χ3n) is 5.05. The summed E-state index contributed by atoms with van der Waals surface area (Å²) in [6, 6.07) is 6.06. The van der Waals surface area contributed by atoms with E-state index in [0.717, 1.165) is 37.0 Å².